The molecule has 3 heterocycles. The Labute approximate surface area is 182 Å². The molecule has 5 rings (SSSR count). The maximum Gasteiger partial charge on any atom is 0.198 e. The van der Waals surface area contributed by atoms with E-state index in [0.717, 1.165) is 66.3 Å². The number of aliphatic hydroxyl groups is 1. The topological polar surface area (TPSA) is 83.6 Å². The molecule has 0 spiro atoms. The van der Waals surface area contributed by atoms with Crippen LogP contribution in [0.2, 0.25) is 0 Å². The molecule has 0 unspecified atom stereocenters. The standard InChI is InChI=1S/C24H29N5O2/c1-4-24(31)7-10-28(11-8-24)21-22-26-20(27-29(22)12-9-25-21)14-16-5-6-18-17(13-16)15-19(30)23(18,2)3/h5-6,9,12-13,31H,4,7-8,10-11,14-15H2,1-3H3. The summed E-state index contributed by atoms with van der Waals surface area (Å²) in [6.07, 6.45) is 6.93. The van der Waals surface area contributed by atoms with Crippen LogP contribution in [0.5, 0.6) is 0 Å². The molecule has 0 bridgehead atoms. The average molecular weight is 420 g/mol. The van der Waals surface area contributed by atoms with Crippen molar-refractivity contribution in [3.05, 3.63) is 53.1 Å². The van der Waals surface area contributed by atoms with Gasteiger partial charge in [0.05, 0.1) is 5.60 Å². The van der Waals surface area contributed by atoms with E-state index in [1.165, 1.54) is 0 Å². The number of Topliss-reactive ketones (excluding diaryl/α,β-unsaturated/α-hetero) is 1. The van der Waals surface area contributed by atoms with Crippen LogP contribution >= 0.6 is 0 Å². The number of aromatic nitrogens is 4. The second kappa shape index (κ2) is 7.12. The molecule has 0 amide bonds. The maximum absolute atomic E-state index is 12.3. The summed E-state index contributed by atoms with van der Waals surface area (Å²) in [4.78, 5) is 23.9. The largest absolute Gasteiger partial charge is 0.390 e. The molecule has 0 saturated carbocycles. The fourth-order valence-electron chi connectivity index (χ4n) is 4.87. The maximum atomic E-state index is 12.3. The predicted octanol–water partition coefficient (Wildman–Crippen LogP) is 2.86. The average Bonchev–Trinajstić information content (AvgIpc) is 3.26. The summed E-state index contributed by atoms with van der Waals surface area (Å²) in [5.74, 6) is 1.83. The molecule has 7 heteroatoms. The lowest BCUT2D eigenvalue weighted by Gasteiger charge is -2.38. The van der Waals surface area contributed by atoms with Gasteiger partial charge in [-0.2, -0.15) is 5.10 Å². The normalized spacial score (nSPS) is 19.7. The molecule has 1 N–H and O–H groups in total. The van der Waals surface area contributed by atoms with E-state index in [4.69, 9.17) is 4.98 Å². The summed E-state index contributed by atoms with van der Waals surface area (Å²) in [6, 6.07) is 6.30. The Morgan fingerprint density at radius 3 is 2.71 bits per heavy atom. The zero-order valence-corrected chi connectivity index (χ0v) is 18.4. The van der Waals surface area contributed by atoms with Gasteiger partial charge in [-0.05, 0) is 49.8 Å². The monoisotopic (exact) mass is 419 g/mol. The van der Waals surface area contributed by atoms with Gasteiger partial charge in [-0.3, -0.25) is 4.79 Å². The summed E-state index contributed by atoms with van der Waals surface area (Å²) in [7, 11) is 0. The summed E-state index contributed by atoms with van der Waals surface area (Å²) in [6.45, 7) is 7.55. The van der Waals surface area contributed by atoms with Crippen molar-refractivity contribution in [2.24, 2.45) is 0 Å². The Kier molecular flexibility index (Phi) is 4.62. The first-order valence-electron chi connectivity index (χ1n) is 11.1. The second-order valence-corrected chi connectivity index (χ2v) is 9.51. The summed E-state index contributed by atoms with van der Waals surface area (Å²) in [5.41, 5.74) is 3.15. The summed E-state index contributed by atoms with van der Waals surface area (Å²) >= 11 is 0. The van der Waals surface area contributed by atoms with E-state index < -0.39 is 11.0 Å². The van der Waals surface area contributed by atoms with Crippen molar-refractivity contribution in [3.8, 4) is 0 Å². The number of anilines is 1. The Balaban J connectivity index is 1.40. The lowest BCUT2D eigenvalue weighted by molar-refractivity contribution is -0.121. The van der Waals surface area contributed by atoms with E-state index in [2.05, 4.69) is 33.2 Å². The SMILES string of the molecule is CCC1(O)CCN(c2nccn3nc(Cc4ccc5c(c4)CC(=O)C5(C)C)nc23)CC1. The molecule has 0 radical (unpaired) electrons. The molecule has 2 aliphatic rings. The van der Waals surface area contributed by atoms with Crippen LogP contribution in [-0.2, 0) is 23.1 Å². The molecule has 2 aromatic heterocycles. The van der Waals surface area contributed by atoms with Crippen LogP contribution in [-0.4, -0.2) is 49.2 Å². The molecule has 1 fully saturated rings. The second-order valence-electron chi connectivity index (χ2n) is 9.51. The minimum absolute atomic E-state index is 0.276. The lowest BCUT2D eigenvalue weighted by Crippen LogP contribution is -2.44. The molecule has 1 aliphatic heterocycles. The molecule has 1 aromatic carbocycles. The van der Waals surface area contributed by atoms with E-state index in [9.17, 15) is 9.90 Å². The fourth-order valence-corrected chi connectivity index (χ4v) is 4.87. The number of ketones is 1. The molecular formula is C24H29N5O2. The van der Waals surface area contributed by atoms with E-state index in [-0.39, 0.29) is 5.78 Å². The Morgan fingerprint density at radius 2 is 1.97 bits per heavy atom. The minimum Gasteiger partial charge on any atom is -0.390 e. The number of carbonyl (C=O) groups excluding carboxylic acids is 1. The Hall–Kier alpha value is -2.80. The predicted molar refractivity (Wildman–Crippen MR) is 118 cm³/mol. The van der Waals surface area contributed by atoms with Gasteiger partial charge in [0.2, 0.25) is 0 Å². The zero-order chi connectivity index (χ0) is 21.8. The van der Waals surface area contributed by atoms with Gasteiger partial charge in [-0.25, -0.2) is 14.5 Å². The van der Waals surface area contributed by atoms with Gasteiger partial charge in [0.15, 0.2) is 17.3 Å². The van der Waals surface area contributed by atoms with Crippen LogP contribution < -0.4 is 4.90 Å². The van der Waals surface area contributed by atoms with Gasteiger partial charge >= 0.3 is 0 Å². The molecule has 3 aromatic rings. The highest BCUT2D eigenvalue weighted by atomic mass is 16.3. The number of nitrogens with zero attached hydrogens (tertiary/aromatic N) is 5. The molecule has 7 nitrogen and oxygen atoms in total. The first-order chi connectivity index (χ1) is 14.8. The van der Waals surface area contributed by atoms with Crippen molar-refractivity contribution in [1.29, 1.82) is 0 Å². The first kappa shape index (κ1) is 20.1. The van der Waals surface area contributed by atoms with Gasteiger partial charge in [-0.1, -0.05) is 25.1 Å². The molecule has 31 heavy (non-hydrogen) atoms. The third-order valence-corrected chi connectivity index (χ3v) is 7.18. The summed E-state index contributed by atoms with van der Waals surface area (Å²) < 4.78 is 1.79. The fraction of sp³-hybridized carbons (Fsp3) is 0.500. The molecular weight excluding hydrogens is 390 g/mol. The minimum atomic E-state index is -0.566. The molecule has 0 atom stereocenters. The van der Waals surface area contributed by atoms with Crippen LogP contribution in [0.25, 0.3) is 5.65 Å². The highest BCUT2D eigenvalue weighted by Crippen LogP contribution is 2.36. The molecule has 162 valence electrons. The highest BCUT2D eigenvalue weighted by Gasteiger charge is 2.37. The van der Waals surface area contributed by atoms with Crippen LogP contribution in [0, 0.1) is 0 Å². The van der Waals surface area contributed by atoms with Gasteiger partial charge in [0.1, 0.15) is 5.78 Å². The number of fused-ring (bicyclic) bond motifs is 2. The number of rotatable bonds is 4. The van der Waals surface area contributed by atoms with Crippen molar-refractivity contribution in [1.82, 2.24) is 19.6 Å². The van der Waals surface area contributed by atoms with Gasteiger partial charge in [0.25, 0.3) is 0 Å². The zero-order valence-electron chi connectivity index (χ0n) is 18.4. The highest BCUT2D eigenvalue weighted by molar-refractivity contribution is 5.95. The van der Waals surface area contributed by atoms with E-state index in [1.54, 1.807) is 10.7 Å². The van der Waals surface area contributed by atoms with Crippen LogP contribution in [0.4, 0.5) is 5.82 Å². The Bertz CT molecular complexity index is 1160. The van der Waals surface area contributed by atoms with Gasteiger partial charge in [0, 0.05) is 43.7 Å². The molecule has 1 saturated heterocycles. The van der Waals surface area contributed by atoms with Crippen molar-refractivity contribution >= 4 is 17.2 Å². The summed E-state index contributed by atoms with van der Waals surface area (Å²) in [5, 5.41) is 15.2. The van der Waals surface area contributed by atoms with Crippen LogP contribution in [0.15, 0.2) is 30.6 Å². The van der Waals surface area contributed by atoms with Crippen LogP contribution in [0.3, 0.4) is 0 Å². The number of benzene rings is 1. The van der Waals surface area contributed by atoms with Crippen molar-refractivity contribution in [2.45, 2.75) is 63.9 Å². The van der Waals surface area contributed by atoms with Gasteiger partial charge in [-0.15, -0.1) is 0 Å². The number of hydrogen-bond acceptors (Lipinski definition) is 6. The smallest absolute Gasteiger partial charge is 0.198 e. The first-order valence-corrected chi connectivity index (χ1v) is 11.1. The quantitative estimate of drug-likeness (QED) is 0.700. The van der Waals surface area contributed by atoms with Crippen molar-refractivity contribution < 1.29 is 9.90 Å². The van der Waals surface area contributed by atoms with Crippen molar-refractivity contribution in [3.63, 3.8) is 0 Å². The Morgan fingerprint density at radius 1 is 1.19 bits per heavy atom. The van der Waals surface area contributed by atoms with E-state index in [1.807, 2.05) is 27.0 Å². The number of hydrogen-bond donors (Lipinski definition) is 1. The number of piperidine rings is 1. The van der Waals surface area contributed by atoms with E-state index >= 15 is 0 Å². The van der Waals surface area contributed by atoms with Gasteiger partial charge < -0.3 is 10.0 Å². The third-order valence-electron chi connectivity index (χ3n) is 7.18. The third kappa shape index (κ3) is 3.41. The number of carbonyl (C=O) groups is 1. The van der Waals surface area contributed by atoms with E-state index in [0.29, 0.717) is 12.8 Å². The van der Waals surface area contributed by atoms with Crippen LogP contribution in [0.1, 0.15) is 62.5 Å². The lowest BCUT2D eigenvalue weighted by atomic mass is 9.85. The van der Waals surface area contributed by atoms with Crippen molar-refractivity contribution in [2.75, 3.05) is 18.0 Å². The molecule has 1 aliphatic carbocycles.